The van der Waals surface area contributed by atoms with Crippen LogP contribution in [0.25, 0.3) is 0 Å². The average Bonchev–Trinajstić information content (AvgIpc) is 3.21. The summed E-state index contributed by atoms with van der Waals surface area (Å²) in [7, 11) is 0. The normalized spacial score (nSPS) is 18.9. The average molecular weight is 304 g/mol. The van der Waals surface area contributed by atoms with Crippen molar-refractivity contribution in [2.75, 3.05) is 13.1 Å². The van der Waals surface area contributed by atoms with Crippen LogP contribution < -0.4 is 0 Å². The Bertz CT molecular complexity index is 552. The van der Waals surface area contributed by atoms with Crippen LogP contribution in [0.2, 0.25) is 0 Å². The standard InChI is InChI=1S/C15H20N4OS/c20-14(7-1-5-13-6-3-9-21-13)19-8-2-4-12(10-19)15-16-11-17-18-15/h3,6,9,11-12H,1-2,4-5,7-8,10H2,(H,16,17,18)/t12-/m0/s1. The van der Waals surface area contributed by atoms with E-state index in [1.54, 1.807) is 11.3 Å². The van der Waals surface area contributed by atoms with Gasteiger partial charge in [-0.25, -0.2) is 4.98 Å². The molecule has 6 heteroatoms. The van der Waals surface area contributed by atoms with Gasteiger partial charge in [0.25, 0.3) is 0 Å². The second-order valence-electron chi connectivity index (χ2n) is 5.48. The van der Waals surface area contributed by atoms with Crippen molar-refractivity contribution in [2.45, 2.75) is 38.0 Å². The van der Waals surface area contributed by atoms with Crippen LogP contribution in [0.1, 0.15) is 42.3 Å². The molecule has 2 aromatic rings. The minimum Gasteiger partial charge on any atom is -0.342 e. The summed E-state index contributed by atoms with van der Waals surface area (Å²) in [5, 5.41) is 8.92. The van der Waals surface area contributed by atoms with Crippen molar-refractivity contribution in [3.8, 4) is 0 Å². The van der Waals surface area contributed by atoms with E-state index in [1.807, 2.05) is 4.90 Å². The molecule has 3 rings (SSSR count). The third-order valence-corrected chi connectivity index (χ3v) is 4.92. The molecule has 2 aromatic heterocycles. The maximum absolute atomic E-state index is 12.3. The minimum atomic E-state index is 0.274. The molecule has 0 spiro atoms. The highest BCUT2D eigenvalue weighted by atomic mass is 32.1. The van der Waals surface area contributed by atoms with Gasteiger partial charge < -0.3 is 4.90 Å². The van der Waals surface area contributed by atoms with Crippen LogP contribution in [0.5, 0.6) is 0 Å². The summed E-state index contributed by atoms with van der Waals surface area (Å²) < 4.78 is 0. The molecular formula is C15H20N4OS. The van der Waals surface area contributed by atoms with Crippen molar-refractivity contribution in [3.05, 3.63) is 34.5 Å². The monoisotopic (exact) mass is 304 g/mol. The Labute approximate surface area is 128 Å². The predicted octanol–water partition coefficient (Wildman–Crippen LogP) is 2.60. The van der Waals surface area contributed by atoms with Gasteiger partial charge in [0.15, 0.2) is 0 Å². The Kier molecular flexibility index (Phi) is 4.65. The maximum Gasteiger partial charge on any atom is 0.222 e. The van der Waals surface area contributed by atoms with Gasteiger partial charge in [0.2, 0.25) is 5.91 Å². The van der Waals surface area contributed by atoms with Crippen LogP contribution in [0.3, 0.4) is 0 Å². The summed E-state index contributed by atoms with van der Waals surface area (Å²) in [6.07, 6.45) is 6.24. The third kappa shape index (κ3) is 3.69. The molecule has 1 atom stereocenters. The molecule has 0 aliphatic carbocycles. The number of piperidine rings is 1. The highest BCUT2D eigenvalue weighted by Gasteiger charge is 2.25. The number of carbonyl (C=O) groups excluding carboxylic acids is 1. The molecule has 1 aliphatic rings. The van der Waals surface area contributed by atoms with Gasteiger partial charge in [0, 0.05) is 30.3 Å². The molecule has 0 saturated carbocycles. The number of aryl methyl sites for hydroxylation is 1. The number of hydrogen-bond acceptors (Lipinski definition) is 4. The van der Waals surface area contributed by atoms with Gasteiger partial charge in [0.05, 0.1) is 0 Å². The Balaban J connectivity index is 1.48. The Morgan fingerprint density at radius 3 is 3.24 bits per heavy atom. The van der Waals surface area contributed by atoms with E-state index in [9.17, 15) is 4.79 Å². The van der Waals surface area contributed by atoms with Crippen LogP contribution in [-0.2, 0) is 11.2 Å². The smallest absolute Gasteiger partial charge is 0.222 e. The van der Waals surface area contributed by atoms with Gasteiger partial charge in [0.1, 0.15) is 12.2 Å². The van der Waals surface area contributed by atoms with Crippen molar-refractivity contribution >= 4 is 17.2 Å². The lowest BCUT2D eigenvalue weighted by molar-refractivity contribution is -0.132. The SMILES string of the molecule is O=C(CCCc1cccs1)N1CCC[C@H](c2ncn[nH]2)C1. The van der Waals surface area contributed by atoms with Crippen LogP contribution in [0, 0.1) is 0 Å². The topological polar surface area (TPSA) is 61.9 Å². The third-order valence-electron chi connectivity index (χ3n) is 3.99. The molecule has 5 nitrogen and oxygen atoms in total. The molecule has 1 N–H and O–H groups in total. The molecule has 21 heavy (non-hydrogen) atoms. The second-order valence-corrected chi connectivity index (χ2v) is 6.51. The van der Waals surface area contributed by atoms with Crippen molar-refractivity contribution in [1.82, 2.24) is 20.1 Å². The summed E-state index contributed by atoms with van der Waals surface area (Å²) in [5.74, 6) is 1.49. The summed E-state index contributed by atoms with van der Waals surface area (Å²) in [6, 6.07) is 4.20. The molecule has 0 radical (unpaired) electrons. The van der Waals surface area contributed by atoms with E-state index in [-0.39, 0.29) is 5.91 Å². The summed E-state index contributed by atoms with van der Waals surface area (Å²) in [5.41, 5.74) is 0. The van der Waals surface area contributed by atoms with Crippen molar-refractivity contribution in [2.24, 2.45) is 0 Å². The zero-order valence-corrected chi connectivity index (χ0v) is 12.8. The summed E-state index contributed by atoms with van der Waals surface area (Å²) >= 11 is 1.76. The Hall–Kier alpha value is -1.69. The predicted molar refractivity (Wildman–Crippen MR) is 82.2 cm³/mol. The molecule has 0 bridgehead atoms. The van der Waals surface area contributed by atoms with Gasteiger partial charge >= 0.3 is 0 Å². The van der Waals surface area contributed by atoms with Crippen LogP contribution >= 0.6 is 11.3 Å². The second kappa shape index (κ2) is 6.85. The van der Waals surface area contributed by atoms with Crippen LogP contribution in [0.15, 0.2) is 23.8 Å². The molecule has 1 fully saturated rings. The first-order valence-electron chi connectivity index (χ1n) is 7.48. The first kappa shape index (κ1) is 14.3. The molecule has 1 aliphatic heterocycles. The fourth-order valence-corrected chi connectivity index (χ4v) is 3.62. The van der Waals surface area contributed by atoms with E-state index in [1.165, 1.54) is 11.2 Å². The summed E-state index contributed by atoms with van der Waals surface area (Å²) in [4.78, 5) is 19.9. The van der Waals surface area contributed by atoms with E-state index in [2.05, 4.69) is 32.7 Å². The van der Waals surface area contributed by atoms with Gasteiger partial charge in [-0.15, -0.1) is 11.3 Å². The van der Waals surface area contributed by atoms with Crippen molar-refractivity contribution < 1.29 is 4.79 Å². The van der Waals surface area contributed by atoms with Crippen molar-refractivity contribution in [3.63, 3.8) is 0 Å². The number of H-pyrrole nitrogens is 1. The highest BCUT2D eigenvalue weighted by molar-refractivity contribution is 7.09. The molecule has 3 heterocycles. The minimum absolute atomic E-state index is 0.274. The van der Waals surface area contributed by atoms with Gasteiger partial charge in [-0.2, -0.15) is 5.10 Å². The molecule has 0 aromatic carbocycles. The Morgan fingerprint density at radius 2 is 2.48 bits per heavy atom. The fourth-order valence-electron chi connectivity index (χ4n) is 2.87. The highest BCUT2D eigenvalue weighted by Crippen LogP contribution is 2.24. The van der Waals surface area contributed by atoms with E-state index in [0.717, 1.165) is 44.6 Å². The molecule has 0 unspecified atom stereocenters. The lowest BCUT2D eigenvalue weighted by Crippen LogP contribution is -2.39. The first-order chi connectivity index (χ1) is 10.3. The van der Waals surface area contributed by atoms with Crippen LogP contribution in [-0.4, -0.2) is 39.1 Å². The van der Waals surface area contributed by atoms with Gasteiger partial charge in [-0.05, 0) is 37.1 Å². The number of carbonyl (C=O) groups is 1. The molecule has 1 saturated heterocycles. The number of hydrogen-bond donors (Lipinski definition) is 1. The van der Waals surface area contributed by atoms with Crippen molar-refractivity contribution in [1.29, 1.82) is 0 Å². The zero-order chi connectivity index (χ0) is 14.5. The van der Waals surface area contributed by atoms with E-state index >= 15 is 0 Å². The number of nitrogens with one attached hydrogen (secondary N) is 1. The lowest BCUT2D eigenvalue weighted by atomic mass is 9.97. The molecule has 1 amide bonds. The summed E-state index contributed by atoms with van der Waals surface area (Å²) in [6.45, 7) is 1.65. The largest absolute Gasteiger partial charge is 0.342 e. The number of amides is 1. The lowest BCUT2D eigenvalue weighted by Gasteiger charge is -2.31. The quantitative estimate of drug-likeness (QED) is 0.923. The maximum atomic E-state index is 12.3. The first-order valence-corrected chi connectivity index (χ1v) is 8.36. The number of rotatable bonds is 5. The van der Waals surface area contributed by atoms with Gasteiger partial charge in [-0.1, -0.05) is 6.07 Å². The van der Waals surface area contributed by atoms with E-state index in [0.29, 0.717) is 12.3 Å². The molecule has 112 valence electrons. The van der Waals surface area contributed by atoms with Crippen LogP contribution in [0.4, 0.5) is 0 Å². The van der Waals surface area contributed by atoms with E-state index in [4.69, 9.17) is 0 Å². The molecular weight excluding hydrogens is 284 g/mol. The number of thiophene rings is 1. The number of aromatic amines is 1. The Morgan fingerprint density at radius 1 is 1.52 bits per heavy atom. The number of likely N-dealkylation sites (tertiary alicyclic amines) is 1. The van der Waals surface area contributed by atoms with E-state index < -0.39 is 0 Å². The number of aromatic nitrogens is 3. The zero-order valence-electron chi connectivity index (χ0n) is 12.0. The fraction of sp³-hybridized carbons (Fsp3) is 0.533. The number of nitrogens with zero attached hydrogens (tertiary/aromatic N) is 3. The van der Waals surface area contributed by atoms with Gasteiger partial charge in [-0.3, -0.25) is 9.89 Å².